The average molecular weight is 303 g/mol. The third-order valence-electron chi connectivity index (χ3n) is 3.52. The maximum Gasteiger partial charge on any atom is 0.439 e. The standard InChI is InChI=1S/C14H11FN4O3/c1-18-11-9(12(20)19(2)14(18)22)10(16-13(21)17-11)7-3-5-8(15)6-4-7/h3-6H,1-2H3,(H,16,17,21)/p+1. The Morgan fingerprint density at radius 3 is 2.32 bits per heavy atom. The highest BCUT2D eigenvalue weighted by Gasteiger charge is 2.20. The third kappa shape index (κ3) is 1.96. The first-order valence-corrected chi connectivity index (χ1v) is 6.41. The highest BCUT2D eigenvalue weighted by Crippen LogP contribution is 2.20. The quantitative estimate of drug-likeness (QED) is 0.660. The molecule has 0 atom stereocenters. The number of aromatic nitrogens is 4. The van der Waals surface area contributed by atoms with Crippen molar-refractivity contribution < 1.29 is 9.37 Å². The molecule has 8 heteroatoms. The van der Waals surface area contributed by atoms with Gasteiger partial charge in [-0.05, 0) is 24.3 Å². The van der Waals surface area contributed by atoms with Gasteiger partial charge in [-0.2, -0.15) is 0 Å². The van der Waals surface area contributed by atoms with Crippen molar-refractivity contribution >= 4 is 11.0 Å². The first kappa shape index (κ1) is 13.9. The van der Waals surface area contributed by atoms with Gasteiger partial charge in [-0.15, -0.1) is 0 Å². The molecule has 2 aromatic heterocycles. The van der Waals surface area contributed by atoms with E-state index in [2.05, 4.69) is 9.97 Å². The number of hydrogen-bond donors (Lipinski definition) is 1. The van der Waals surface area contributed by atoms with Gasteiger partial charge in [0.05, 0.1) is 7.05 Å². The van der Waals surface area contributed by atoms with Crippen molar-refractivity contribution in [1.82, 2.24) is 14.1 Å². The Bertz CT molecular complexity index is 1060. The normalized spacial score (nSPS) is 11.0. The second-order valence-electron chi connectivity index (χ2n) is 4.89. The van der Waals surface area contributed by atoms with Crippen LogP contribution in [0.2, 0.25) is 0 Å². The summed E-state index contributed by atoms with van der Waals surface area (Å²) in [6.45, 7) is 0. The molecule has 0 unspecified atom stereocenters. The number of aryl methyl sites for hydroxylation is 1. The summed E-state index contributed by atoms with van der Waals surface area (Å²) < 4.78 is 15.2. The summed E-state index contributed by atoms with van der Waals surface area (Å²) >= 11 is 0. The molecule has 0 saturated carbocycles. The van der Waals surface area contributed by atoms with Crippen LogP contribution < -0.4 is 21.9 Å². The minimum atomic E-state index is -0.574. The number of rotatable bonds is 1. The fraction of sp³-hybridized carbons (Fsp3) is 0.143. The van der Waals surface area contributed by atoms with E-state index in [0.717, 1.165) is 4.57 Å². The molecule has 3 aromatic rings. The molecule has 2 heterocycles. The lowest BCUT2D eigenvalue weighted by atomic mass is 10.1. The van der Waals surface area contributed by atoms with E-state index in [1.807, 2.05) is 0 Å². The molecule has 22 heavy (non-hydrogen) atoms. The van der Waals surface area contributed by atoms with Gasteiger partial charge in [-0.1, -0.05) is 0 Å². The number of hydrogen-bond acceptors (Lipinski definition) is 3. The zero-order valence-electron chi connectivity index (χ0n) is 11.8. The number of nitrogens with one attached hydrogen (secondary N) is 2. The fourth-order valence-corrected chi connectivity index (χ4v) is 2.36. The van der Waals surface area contributed by atoms with Crippen LogP contribution in [0, 0.1) is 5.82 Å². The van der Waals surface area contributed by atoms with Gasteiger partial charge in [0.1, 0.15) is 11.5 Å². The third-order valence-corrected chi connectivity index (χ3v) is 3.52. The second-order valence-corrected chi connectivity index (χ2v) is 4.89. The van der Waals surface area contributed by atoms with Crippen molar-refractivity contribution in [2.75, 3.05) is 0 Å². The SMILES string of the molecule is Cn1c(=O)c2c(-c3ccc(F)cc3)[nH]c(=O)[nH+]c2n(C)c1=O. The molecule has 1 aromatic carbocycles. The molecule has 0 spiro atoms. The van der Waals surface area contributed by atoms with Gasteiger partial charge in [0.15, 0.2) is 5.39 Å². The molecule has 0 saturated heterocycles. The summed E-state index contributed by atoms with van der Waals surface area (Å²) in [6.07, 6.45) is 0. The molecule has 0 aliphatic carbocycles. The average Bonchev–Trinajstić information content (AvgIpc) is 2.50. The Balaban J connectivity index is 2.56. The van der Waals surface area contributed by atoms with Crippen molar-refractivity contribution in [3.05, 3.63) is 61.4 Å². The van der Waals surface area contributed by atoms with Crippen LogP contribution in [0.15, 0.2) is 38.6 Å². The highest BCUT2D eigenvalue weighted by atomic mass is 19.1. The molecule has 112 valence electrons. The molecule has 0 bridgehead atoms. The molecule has 0 aliphatic heterocycles. The van der Waals surface area contributed by atoms with Crippen molar-refractivity contribution in [1.29, 1.82) is 0 Å². The van der Waals surface area contributed by atoms with Crippen LogP contribution in [-0.2, 0) is 14.1 Å². The zero-order valence-corrected chi connectivity index (χ0v) is 11.8. The van der Waals surface area contributed by atoms with E-state index in [0.29, 0.717) is 5.56 Å². The van der Waals surface area contributed by atoms with E-state index < -0.39 is 22.8 Å². The predicted octanol–water partition coefficient (Wildman–Crippen LogP) is -0.454. The molecule has 3 rings (SSSR count). The van der Waals surface area contributed by atoms with E-state index >= 15 is 0 Å². The first-order valence-electron chi connectivity index (χ1n) is 6.41. The van der Waals surface area contributed by atoms with Crippen LogP contribution in [0.1, 0.15) is 0 Å². The van der Waals surface area contributed by atoms with Gasteiger partial charge in [-0.25, -0.2) is 33.1 Å². The van der Waals surface area contributed by atoms with Gasteiger partial charge in [0, 0.05) is 12.6 Å². The molecule has 0 fully saturated rings. The minimum Gasteiger partial charge on any atom is -0.268 e. The van der Waals surface area contributed by atoms with Crippen molar-refractivity contribution in [2.45, 2.75) is 0 Å². The summed E-state index contributed by atoms with van der Waals surface area (Å²) in [6, 6.07) is 5.35. The Labute approximate surface area is 122 Å². The minimum absolute atomic E-state index is 0.108. The lowest BCUT2D eigenvalue weighted by Gasteiger charge is -2.05. The molecule has 0 aliphatic rings. The molecule has 2 N–H and O–H groups in total. The zero-order chi connectivity index (χ0) is 16.0. The number of nitrogens with zero attached hydrogens (tertiary/aromatic N) is 2. The van der Waals surface area contributed by atoms with Gasteiger partial charge >= 0.3 is 11.4 Å². The van der Waals surface area contributed by atoms with Crippen molar-refractivity contribution in [3.63, 3.8) is 0 Å². The number of benzene rings is 1. The van der Waals surface area contributed by atoms with E-state index in [1.165, 1.54) is 42.9 Å². The topological polar surface area (TPSA) is 91.0 Å². The summed E-state index contributed by atoms with van der Waals surface area (Å²) in [7, 11) is 2.80. The van der Waals surface area contributed by atoms with E-state index in [1.54, 1.807) is 0 Å². The maximum atomic E-state index is 13.1. The van der Waals surface area contributed by atoms with Crippen LogP contribution in [-0.4, -0.2) is 14.1 Å². The molecular formula is C14H12FN4O3+. The first-order chi connectivity index (χ1) is 10.4. The second kappa shape index (κ2) is 4.76. The van der Waals surface area contributed by atoms with E-state index in [4.69, 9.17) is 0 Å². The monoisotopic (exact) mass is 303 g/mol. The fourth-order valence-electron chi connectivity index (χ4n) is 2.36. The van der Waals surface area contributed by atoms with Crippen molar-refractivity contribution in [2.24, 2.45) is 14.1 Å². The smallest absolute Gasteiger partial charge is 0.268 e. The van der Waals surface area contributed by atoms with Crippen molar-refractivity contribution in [3.8, 4) is 11.3 Å². The van der Waals surface area contributed by atoms with Gasteiger partial charge in [-0.3, -0.25) is 4.79 Å². The van der Waals surface area contributed by atoms with Gasteiger partial charge in [0.2, 0.25) is 5.65 Å². The summed E-state index contributed by atoms with van der Waals surface area (Å²) in [4.78, 5) is 41.1. The molecular weight excluding hydrogens is 291 g/mol. The number of H-pyrrole nitrogens is 2. The Morgan fingerprint density at radius 2 is 1.68 bits per heavy atom. The summed E-state index contributed by atoms with van der Waals surface area (Å²) in [5, 5.41) is 0.149. The highest BCUT2D eigenvalue weighted by molar-refractivity contribution is 5.87. The largest absolute Gasteiger partial charge is 0.439 e. The van der Waals surface area contributed by atoms with Gasteiger partial charge < -0.3 is 0 Å². The number of fused-ring (bicyclic) bond motifs is 1. The predicted molar refractivity (Wildman–Crippen MR) is 77.0 cm³/mol. The molecule has 0 amide bonds. The maximum absolute atomic E-state index is 13.1. The Hall–Kier alpha value is -3.03. The van der Waals surface area contributed by atoms with Crippen LogP contribution in [0.3, 0.4) is 0 Å². The van der Waals surface area contributed by atoms with Crippen LogP contribution in [0.4, 0.5) is 4.39 Å². The molecule has 7 nitrogen and oxygen atoms in total. The van der Waals surface area contributed by atoms with E-state index in [-0.39, 0.29) is 16.7 Å². The lowest BCUT2D eigenvalue weighted by Crippen LogP contribution is -2.43. The van der Waals surface area contributed by atoms with E-state index in [9.17, 15) is 18.8 Å². The lowest BCUT2D eigenvalue weighted by molar-refractivity contribution is -0.374. The Morgan fingerprint density at radius 1 is 1.05 bits per heavy atom. The van der Waals surface area contributed by atoms with Crippen LogP contribution in [0.5, 0.6) is 0 Å². The number of halogens is 1. The number of aromatic amines is 2. The summed E-state index contributed by atoms with van der Waals surface area (Å²) in [5.41, 5.74) is -0.871. The van der Waals surface area contributed by atoms with Gasteiger partial charge in [0.25, 0.3) is 5.56 Å². The van der Waals surface area contributed by atoms with Crippen LogP contribution in [0.25, 0.3) is 22.3 Å². The summed E-state index contributed by atoms with van der Waals surface area (Å²) in [5.74, 6) is -0.432. The van der Waals surface area contributed by atoms with Crippen LogP contribution >= 0.6 is 0 Å². The Kier molecular flexibility index (Phi) is 3.01. The molecule has 0 radical (unpaired) electrons.